The number of aromatic nitrogens is 1. The highest BCUT2D eigenvalue weighted by Crippen LogP contribution is 2.28. The Labute approximate surface area is 100 Å². The fourth-order valence-corrected chi connectivity index (χ4v) is 2.70. The Bertz CT molecular complexity index is 512. The van der Waals surface area contributed by atoms with Gasteiger partial charge in [-0.2, -0.15) is 0 Å². The number of nitrogens with zero attached hydrogens (tertiary/aromatic N) is 2. The second kappa shape index (κ2) is 4.04. The maximum absolute atomic E-state index is 6.08. The molecule has 0 bridgehead atoms. The zero-order valence-electron chi connectivity index (χ0n) is 9.97. The minimum Gasteiger partial charge on any atom is -0.464 e. The molecule has 2 aromatic rings. The second-order valence-electron chi connectivity index (χ2n) is 4.97. The molecule has 3 rings (SSSR count). The minimum atomic E-state index is 0.239. The molecule has 0 saturated carbocycles. The summed E-state index contributed by atoms with van der Waals surface area (Å²) in [4.78, 5) is 6.76. The van der Waals surface area contributed by atoms with Gasteiger partial charge >= 0.3 is 0 Å². The third-order valence-electron chi connectivity index (χ3n) is 3.35. The van der Waals surface area contributed by atoms with Gasteiger partial charge in [-0.3, -0.25) is 0 Å². The molecule has 0 spiro atoms. The first-order valence-electron chi connectivity index (χ1n) is 6.07. The van der Waals surface area contributed by atoms with E-state index in [9.17, 15) is 0 Å². The van der Waals surface area contributed by atoms with Gasteiger partial charge in [-0.15, -0.1) is 0 Å². The molecule has 0 aliphatic carbocycles. The number of furan rings is 1. The smallest absolute Gasteiger partial charge is 0.139 e. The summed E-state index contributed by atoms with van der Waals surface area (Å²) in [6, 6.07) is 4.11. The molecule has 2 atom stereocenters. The van der Waals surface area contributed by atoms with Gasteiger partial charge < -0.3 is 15.1 Å². The Morgan fingerprint density at radius 2 is 2.29 bits per heavy atom. The van der Waals surface area contributed by atoms with Crippen molar-refractivity contribution in [3.8, 4) is 0 Å². The molecule has 1 saturated heterocycles. The van der Waals surface area contributed by atoms with Crippen molar-refractivity contribution in [1.29, 1.82) is 0 Å². The van der Waals surface area contributed by atoms with Crippen LogP contribution in [-0.4, -0.2) is 24.1 Å². The Morgan fingerprint density at radius 3 is 3.12 bits per heavy atom. The van der Waals surface area contributed by atoms with Crippen LogP contribution in [0, 0.1) is 5.92 Å². The molecular weight excluding hydrogens is 214 g/mol. The van der Waals surface area contributed by atoms with Crippen LogP contribution in [0.3, 0.4) is 0 Å². The Kier molecular flexibility index (Phi) is 2.52. The number of pyridine rings is 1. The highest BCUT2D eigenvalue weighted by atomic mass is 16.3. The lowest BCUT2D eigenvalue weighted by molar-refractivity contribution is 0.400. The predicted octanol–water partition coefficient (Wildman–Crippen LogP) is 2.00. The molecule has 0 radical (unpaired) electrons. The average molecular weight is 231 g/mol. The van der Waals surface area contributed by atoms with Gasteiger partial charge in [-0.05, 0) is 24.5 Å². The first-order valence-corrected chi connectivity index (χ1v) is 6.07. The van der Waals surface area contributed by atoms with Gasteiger partial charge in [0, 0.05) is 25.3 Å². The van der Waals surface area contributed by atoms with E-state index in [2.05, 4.69) is 16.8 Å². The van der Waals surface area contributed by atoms with Crippen LogP contribution in [0.25, 0.3) is 11.0 Å². The molecule has 17 heavy (non-hydrogen) atoms. The SMILES string of the molecule is CC1CC(N)CN(c2nccc3occc23)C1. The largest absolute Gasteiger partial charge is 0.464 e. The first kappa shape index (κ1) is 10.6. The van der Waals surface area contributed by atoms with E-state index >= 15 is 0 Å². The maximum atomic E-state index is 6.08. The number of nitrogens with two attached hydrogens (primary N) is 1. The summed E-state index contributed by atoms with van der Waals surface area (Å²) < 4.78 is 5.41. The van der Waals surface area contributed by atoms with Crippen LogP contribution < -0.4 is 10.6 Å². The van der Waals surface area contributed by atoms with Crippen molar-refractivity contribution in [3.05, 3.63) is 24.6 Å². The molecule has 2 N–H and O–H groups in total. The zero-order chi connectivity index (χ0) is 11.8. The van der Waals surface area contributed by atoms with Gasteiger partial charge in [-0.1, -0.05) is 6.92 Å². The van der Waals surface area contributed by atoms with E-state index in [0.29, 0.717) is 5.92 Å². The Morgan fingerprint density at radius 1 is 1.41 bits per heavy atom. The van der Waals surface area contributed by atoms with Gasteiger partial charge in [0.05, 0.1) is 11.6 Å². The van der Waals surface area contributed by atoms with Gasteiger partial charge in [0.1, 0.15) is 11.4 Å². The lowest BCUT2D eigenvalue weighted by Crippen LogP contribution is -2.46. The standard InChI is InChI=1S/C13H17N3O/c1-9-6-10(14)8-16(7-9)13-11-3-5-17-12(11)2-4-15-13/h2-5,9-10H,6-8,14H2,1H3. The van der Waals surface area contributed by atoms with Gasteiger partial charge in [0.25, 0.3) is 0 Å². The zero-order valence-corrected chi connectivity index (χ0v) is 9.97. The third-order valence-corrected chi connectivity index (χ3v) is 3.35. The normalized spacial score (nSPS) is 25.4. The number of piperidine rings is 1. The van der Waals surface area contributed by atoms with E-state index < -0.39 is 0 Å². The Balaban J connectivity index is 2.00. The van der Waals surface area contributed by atoms with Crippen LogP contribution in [0.15, 0.2) is 29.0 Å². The molecule has 4 heteroatoms. The van der Waals surface area contributed by atoms with E-state index in [0.717, 1.165) is 36.3 Å². The molecule has 1 aliphatic rings. The highest BCUT2D eigenvalue weighted by Gasteiger charge is 2.24. The summed E-state index contributed by atoms with van der Waals surface area (Å²) in [6.07, 6.45) is 4.60. The predicted molar refractivity (Wildman–Crippen MR) is 68.0 cm³/mol. The van der Waals surface area contributed by atoms with Crippen molar-refractivity contribution >= 4 is 16.8 Å². The summed E-state index contributed by atoms with van der Waals surface area (Å²) in [6.45, 7) is 4.13. The number of rotatable bonds is 1. The van der Waals surface area contributed by atoms with Crippen LogP contribution in [-0.2, 0) is 0 Å². The van der Waals surface area contributed by atoms with Gasteiger partial charge in [0.2, 0.25) is 0 Å². The molecule has 2 aromatic heterocycles. The molecule has 3 heterocycles. The van der Waals surface area contributed by atoms with Crippen LogP contribution in [0.5, 0.6) is 0 Å². The van der Waals surface area contributed by atoms with Crippen molar-refractivity contribution in [2.24, 2.45) is 11.7 Å². The topological polar surface area (TPSA) is 55.3 Å². The lowest BCUT2D eigenvalue weighted by atomic mass is 9.96. The highest BCUT2D eigenvalue weighted by molar-refractivity contribution is 5.88. The number of anilines is 1. The molecule has 0 amide bonds. The van der Waals surface area contributed by atoms with Crippen molar-refractivity contribution in [2.75, 3.05) is 18.0 Å². The van der Waals surface area contributed by atoms with Crippen molar-refractivity contribution in [2.45, 2.75) is 19.4 Å². The van der Waals surface area contributed by atoms with Crippen molar-refractivity contribution in [3.63, 3.8) is 0 Å². The average Bonchev–Trinajstić information content (AvgIpc) is 2.75. The van der Waals surface area contributed by atoms with E-state index in [-0.39, 0.29) is 6.04 Å². The third kappa shape index (κ3) is 1.89. The summed E-state index contributed by atoms with van der Waals surface area (Å²) in [5.41, 5.74) is 6.97. The van der Waals surface area contributed by atoms with Crippen molar-refractivity contribution < 1.29 is 4.42 Å². The first-order chi connectivity index (χ1) is 8.24. The number of hydrogen-bond donors (Lipinski definition) is 1. The molecule has 4 nitrogen and oxygen atoms in total. The van der Waals surface area contributed by atoms with Crippen LogP contribution in [0.2, 0.25) is 0 Å². The molecule has 90 valence electrons. The van der Waals surface area contributed by atoms with Gasteiger partial charge in [-0.25, -0.2) is 4.98 Å². The van der Waals surface area contributed by atoms with Crippen molar-refractivity contribution in [1.82, 2.24) is 4.98 Å². The number of fused-ring (bicyclic) bond motifs is 1. The van der Waals surface area contributed by atoms with E-state index in [1.54, 1.807) is 12.5 Å². The van der Waals surface area contributed by atoms with Crippen LogP contribution >= 0.6 is 0 Å². The van der Waals surface area contributed by atoms with E-state index in [1.165, 1.54) is 0 Å². The second-order valence-corrected chi connectivity index (χ2v) is 4.97. The van der Waals surface area contributed by atoms with E-state index in [1.807, 2.05) is 12.1 Å². The molecule has 1 aliphatic heterocycles. The van der Waals surface area contributed by atoms with E-state index in [4.69, 9.17) is 10.2 Å². The maximum Gasteiger partial charge on any atom is 0.139 e. The fraction of sp³-hybridized carbons (Fsp3) is 0.462. The van der Waals surface area contributed by atoms with Crippen LogP contribution in [0.1, 0.15) is 13.3 Å². The fourth-order valence-electron chi connectivity index (χ4n) is 2.70. The molecule has 2 unspecified atom stereocenters. The molecular formula is C13H17N3O. The summed E-state index contributed by atoms with van der Waals surface area (Å²) in [5.74, 6) is 1.61. The Hall–Kier alpha value is -1.55. The van der Waals surface area contributed by atoms with Crippen LogP contribution in [0.4, 0.5) is 5.82 Å². The number of hydrogen-bond acceptors (Lipinski definition) is 4. The molecule has 1 fully saturated rings. The summed E-state index contributed by atoms with van der Waals surface area (Å²) >= 11 is 0. The summed E-state index contributed by atoms with van der Waals surface area (Å²) in [7, 11) is 0. The minimum absolute atomic E-state index is 0.239. The molecule has 0 aromatic carbocycles. The van der Waals surface area contributed by atoms with Gasteiger partial charge in [0.15, 0.2) is 0 Å². The monoisotopic (exact) mass is 231 g/mol. The summed E-state index contributed by atoms with van der Waals surface area (Å²) in [5, 5.41) is 1.08. The quantitative estimate of drug-likeness (QED) is 0.815. The lowest BCUT2D eigenvalue weighted by Gasteiger charge is -2.35.